The zero-order valence-electron chi connectivity index (χ0n) is 10.7. The van der Waals surface area contributed by atoms with Gasteiger partial charge >= 0.3 is 0 Å². The van der Waals surface area contributed by atoms with E-state index in [1.54, 1.807) is 11.3 Å². The van der Waals surface area contributed by atoms with Crippen molar-refractivity contribution in [2.75, 3.05) is 0 Å². The number of rotatable bonds is 4. The molecule has 0 aliphatic heterocycles. The van der Waals surface area contributed by atoms with Gasteiger partial charge in [0.1, 0.15) is 0 Å². The molecule has 0 radical (unpaired) electrons. The summed E-state index contributed by atoms with van der Waals surface area (Å²) in [6.07, 6.45) is 8.55. The number of aliphatic hydroxyl groups excluding tert-OH is 1. The first kappa shape index (κ1) is 12.8. The van der Waals surface area contributed by atoms with Crippen LogP contribution in [0.4, 0.5) is 0 Å². The lowest BCUT2D eigenvalue weighted by atomic mass is 9.94. The van der Waals surface area contributed by atoms with Gasteiger partial charge in [0.2, 0.25) is 0 Å². The lowest BCUT2D eigenvalue weighted by Gasteiger charge is -2.15. The molecule has 94 valence electrons. The van der Waals surface area contributed by atoms with E-state index in [2.05, 4.69) is 18.0 Å². The number of aromatic nitrogens is 1. The standard InChI is InChI=1S/C14H21NOS/c1-10-11(2)17-14(15-10)9-13(16)8-12-6-4-3-5-7-12/h6,13,16H,3-5,7-9H2,1-2H3. The van der Waals surface area contributed by atoms with Gasteiger partial charge in [-0.2, -0.15) is 0 Å². The topological polar surface area (TPSA) is 33.1 Å². The third kappa shape index (κ3) is 3.65. The Balaban J connectivity index is 1.88. The normalized spacial score (nSPS) is 17.9. The van der Waals surface area contributed by atoms with Crippen LogP contribution in [-0.2, 0) is 6.42 Å². The van der Waals surface area contributed by atoms with Gasteiger partial charge in [0.25, 0.3) is 0 Å². The summed E-state index contributed by atoms with van der Waals surface area (Å²) in [5.74, 6) is 0. The molecule has 2 nitrogen and oxygen atoms in total. The van der Waals surface area contributed by atoms with Crippen molar-refractivity contribution in [3.63, 3.8) is 0 Å². The van der Waals surface area contributed by atoms with E-state index >= 15 is 0 Å². The van der Waals surface area contributed by atoms with Crippen molar-refractivity contribution >= 4 is 11.3 Å². The van der Waals surface area contributed by atoms with Crippen molar-refractivity contribution in [1.82, 2.24) is 4.98 Å². The second-order valence-corrected chi connectivity index (χ2v) is 6.21. The molecular weight excluding hydrogens is 230 g/mol. The van der Waals surface area contributed by atoms with Gasteiger partial charge in [-0.15, -0.1) is 11.3 Å². The molecule has 1 N–H and O–H groups in total. The monoisotopic (exact) mass is 251 g/mol. The quantitative estimate of drug-likeness (QED) is 0.830. The van der Waals surface area contributed by atoms with Gasteiger partial charge < -0.3 is 5.11 Å². The summed E-state index contributed by atoms with van der Waals surface area (Å²) in [4.78, 5) is 5.75. The number of hydrogen-bond acceptors (Lipinski definition) is 3. The SMILES string of the molecule is Cc1nc(CC(O)CC2=CCCCC2)sc1C. The Labute approximate surface area is 107 Å². The Hall–Kier alpha value is -0.670. The first-order valence-corrected chi connectivity index (χ1v) is 7.25. The summed E-state index contributed by atoms with van der Waals surface area (Å²) in [5.41, 5.74) is 2.54. The summed E-state index contributed by atoms with van der Waals surface area (Å²) in [6, 6.07) is 0. The van der Waals surface area contributed by atoms with Crippen molar-refractivity contribution < 1.29 is 5.11 Å². The van der Waals surface area contributed by atoms with E-state index < -0.39 is 0 Å². The maximum atomic E-state index is 10.1. The van der Waals surface area contributed by atoms with Gasteiger partial charge in [-0.1, -0.05) is 11.6 Å². The first-order chi connectivity index (χ1) is 8.15. The van der Waals surface area contributed by atoms with Crippen LogP contribution in [0.5, 0.6) is 0 Å². The molecule has 1 unspecified atom stereocenters. The van der Waals surface area contributed by atoms with Crippen LogP contribution < -0.4 is 0 Å². The van der Waals surface area contributed by atoms with Crippen LogP contribution >= 0.6 is 11.3 Å². The number of thiazole rings is 1. The largest absolute Gasteiger partial charge is 0.392 e. The van der Waals surface area contributed by atoms with Crippen molar-refractivity contribution in [2.24, 2.45) is 0 Å². The lowest BCUT2D eigenvalue weighted by Crippen LogP contribution is -2.12. The molecule has 1 atom stereocenters. The maximum absolute atomic E-state index is 10.1. The molecule has 0 amide bonds. The van der Waals surface area contributed by atoms with Crippen molar-refractivity contribution in [1.29, 1.82) is 0 Å². The molecule has 1 aliphatic rings. The van der Waals surface area contributed by atoms with Gasteiger partial charge in [-0.05, 0) is 46.0 Å². The van der Waals surface area contributed by atoms with E-state index in [0.29, 0.717) is 6.42 Å². The summed E-state index contributed by atoms with van der Waals surface area (Å²) < 4.78 is 0. The average molecular weight is 251 g/mol. The van der Waals surface area contributed by atoms with Gasteiger partial charge in [-0.25, -0.2) is 4.98 Å². The number of allylic oxidation sites excluding steroid dienone is 1. The Morgan fingerprint density at radius 3 is 2.76 bits per heavy atom. The molecule has 3 heteroatoms. The predicted molar refractivity (Wildman–Crippen MR) is 72.5 cm³/mol. The van der Waals surface area contributed by atoms with Crippen LogP contribution in [-0.4, -0.2) is 16.2 Å². The number of nitrogens with zero attached hydrogens (tertiary/aromatic N) is 1. The van der Waals surface area contributed by atoms with E-state index in [-0.39, 0.29) is 6.10 Å². The Morgan fingerprint density at radius 1 is 1.35 bits per heavy atom. The zero-order valence-corrected chi connectivity index (χ0v) is 11.5. The van der Waals surface area contributed by atoms with Crippen LogP contribution in [0.3, 0.4) is 0 Å². The minimum atomic E-state index is -0.260. The van der Waals surface area contributed by atoms with Crippen molar-refractivity contribution in [3.05, 3.63) is 27.2 Å². The summed E-state index contributed by atoms with van der Waals surface area (Å²) >= 11 is 1.71. The average Bonchev–Trinajstić information content (AvgIpc) is 2.59. The van der Waals surface area contributed by atoms with Crippen LogP contribution in [0.25, 0.3) is 0 Å². The maximum Gasteiger partial charge on any atom is 0.0956 e. The van der Waals surface area contributed by atoms with Crippen molar-refractivity contribution in [3.8, 4) is 0 Å². The van der Waals surface area contributed by atoms with Gasteiger partial charge in [0.05, 0.1) is 16.8 Å². The number of hydrogen-bond donors (Lipinski definition) is 1. The van der Waals surface area contributed by atoms with Crippen LogP contribution in [0, 0.1) is 13.8 Å². The molecule has 0 fully saturated rings. The van der Waals surface area contributed by atoms with Gasteiger partial charge in [0, 0.05) is 11.3 Å². The minimum absolute atomic E-state index is 0.260. The second-order valence-electron chi connectivity index (χ2n) is 4.92. The predicted octanol–water partition coefficient (Wildman–Crippen LogP) is 3.55. The van der Waals surface area contributed by atoms with Crippen LogP contribution in [0.1, 0.15) is 47.7 Å². The Kier molecular flexibility index (Phi) is 4.35. The molecule has 1 aromatic rings. The molecule has 1 aromatic heterocycles. The fraction of sp³-hybridized carbons (Fsp3) is 0.643. The van der Waals surface area contributed by atoms with E-state index in [1.165, 1.54) is 36.1 Å². The molecular formula is C14H21NOS. The summed E-state index contributed by atoms with van der Waals surface area (Å²) in [6.45, 7) is 4.12. The summed E-state index contributed by atoms with van der Waals surface area (Å²) in [7, 11) is 0. The molecule has 0 saturated heterocycles. The van der Waals surface area contributed by atoms with Gasteiger partial charge in [0.15, 0.2) is 0 Å². The highest BCUT2D eigenvalue weighted by Crippen LogP contribution is 2.24. The van der Waals surface area contributed by atoms with E-state index in [0.717, 1.165) is 17.1 Å². The fourth-order valence-corrected chi connectivity index (χ4v) is 3.30. The lowest BCUT2D eigenvalue weighted by molar-refractivity contribution is 0.173. The minimum Gasteiger partial charge on any atom is -0.392 e. The van der Waals surface area contributed by atoms with Gasteiger partial charge in [-0.3, -0.25) is 0 Å². The van der Waals surface area contributed by atoms with Crippen LogP contribution in [0.2, 0.25) is 0 Å². The number of aryl methyl sites for hydroxylation is 2. The third-order valence-electron chi connectivity index (χ3n) is 3.37. The molecule has 1 aliphatic carbocycles. The highest BCUT2D eigenvalue weighted by Gasteiger charge is 2.13. The molecule has 0 bridgehead atoms. The second kappa shape index (κ2) is 5.78. The highest BCUT2D eigenvalue weighted by molar-refractivity contribution is 7.11. The van der Waals surface area contributed by atoms with E-state index in [4.69, 9.17) is 0 Å². The highest BCUT2D eigenvalue weighted by atomic mass is 32.1. The molecule has 0 aromatic carbocycles. The zero-order chi connectivity index (χ0) is 12.3. The molecule has 0 saturated carbocycles. The Morgan fingerprint density at radius 2 is 2.18 bits per heavy atom. The Bertz CT molecular complexity index is 389. The van der Waals surface area contributed by atoms with E-state index in [9.17, 15) is 5.11 Å². The molecule has 1 heterocycles. The fourth-order valence-electron chi connectivity index (χ4n) is 2.29. The number of aliphatic hydroxyl groups is 1. The van der Waals surface area contributed by atoms with Crippen LogP contribution in [0.15, 0.2) is 11.6 Å². The first-order valence-electron chi connectivity index (χ1n) is 6.44. The molecule has 2 rings (SSSR count). The smallest absolute Gasteiger partial charge is 0.0956 e. The molecule has 0 spiro atoms. The van der Waals surface area contributed by atoms with E-state index in [1.807, 2.05) is 6.92 Å². The third-order valence-corrected chi connectivity index (χ3v) is 4.46. The van der Waals surface area contributed by atoms with Crippen molar-refractivity contribution in [2.45, 2.75) is 58.5 Å². The summed E-state index contributed by atoms with van der Waals surface area (Å²) in [5, 5.41) is 11.2. The molecule has 17 heavy (non-hydrogen) atoms.